The highest BCUT2D eigenvalue weighted by Gasteiger charge is 2.12. The minimum absolute atomic E-state index is 0. The Hall–Kier alpha value is -2.43. The summed E-state index contributed by atoms with van der Waals surface area (Å²) in [5, 5.41) is 0.352. The number of aromatic nitrogens is 4. The predicted molar refractivity (Wildman–Crippen MR) is 170 cm³/mol. The van der Waals surface area contributed by atoms with E-state index in [0.717, 1.165) is 30.4 Å². The molecule has 0 radical (unpaired) electrons. The Morgan fingerprint density at radius 1 is 0.825 bits per heavy atom. The second kappa shape index (κ2) is 13.0. The minimum atomic E-state index is -3.22. The lowest BCUT2D eigenvalue weighted by atomic mass is 10.1. The smallest absolute Gasteiger partial charge is 0.313 e. The second-order valence-electron chi connectivity index (χ2n) is 7.89. The average Bonchev–Trinajstić information content (AvgIpc) is 3.42. The third-order valence-electron chi connectivity index (χ3n) is 5.31. The lowest BCUT2D eigenvalue weighted by molar-refractivity contribution is 0.100. The van der Waals surface area contributed by atoms with E-state index in [-0.39, 0.29) is 24.6 Å². The van der Waals surface area contributed by atoms with Crippen molar-refractivity contribution in [2.45, 2.75) is 21.3 Å². The molecule has 15 heteroatoms. The number of rotatable bonds is 2. The van der Waals surface area contributed by atoms with Crippen molar-refractivity contribution in [3.05, 3.63) is 75.7 Å². The lowest BCUT2D eigenvalue weighted by Gasteiger charge is -1.96. The van der Waals surface area contributed by atoms with Gasteiger partial charge in [0.05, 0.1) is 17.1 Å². The Morgan fingerprint density at radius 3 is 1.80 bits per heavy atom. The van der Waals surface area contributed by atoms with Crippen LogP contribution in [-0.4, -0.2) is 31.5 Å². The molecule has 40 heavy (non-hydrogen) atoms. The quantitative estimate of drug-likeness (QED) is 0.110. The number of halogens is 4. The largest absolute Gasteiger partial charge is 0.339 e. The van der Waals surface area contributed by atoms with E-state index in [1.807, 2.05) is 24.3 Å². The molecule has 4 heterocycles. The fraction of sp³-hybridized carbons (Fsp3) is 0.120. The fourth-order valence-corrected chi connectivity index (χ4v) is 5.97. The zero-order chi connectivity index (χ0) is 28.5. The van der Waals surface area contributed by atoms with Crippen molar-refractivity contribution in [3.8, 4) is 0 Å². The van der Waals surface area contributed by atoms with Gasteiger partial charge in [-0.25, -0.2) is 15.0 Å². The highest BCUT2D eigenvalue weighted by atomic mass is 36.0. The second-order valence-corrected chi connectivity index (χ2v) is 17.0. The SMILES string of the molecule is C.CC(=O)c1ccc2sc3nc[nH]c(=O)c3c2c1.CC(=O)c1ccc2sc3ncnc(Cl)c3c2c1.O=P(Cl)(Cl)Cl. The number of thiophene rings is 2. The molecule has 0 bridgehead atoms. The summed E-state index contributed by atoms with van der Waals surface area (Å²) in [5.74, 6) is 0.0331. The van der Waals surface area contributed by atoms with Crippen LogP contribution >= 0.6 is 73.2 Å². The zero-order valence-electron chi connectivity index (χ0n) is 19.9. The van der Waals surface area contributed by atoms with Gasteiger partial charge in [0.1, 0.15) is 21.1 Å². The van der Waals surface area contributed by atoms with Crippen molar-refractivity contribution in [1.82, 2.24) is 19.9 Å². The molecule has 0 atom stereocenters. The molecule has 0 amide bonds. The van der Waals surface area contributed by atoms with E-state index in [1.54, 1.807) is 30.4 Å². The van der Waals surface area contributed by atoms with Crippen molar-refractivity contribution in [1.29, 1.82) is 0 Å². The summed E-state index contributed by atoms with van der Waals surface area (Å²) in [6.45, 7) is 3.06. The van der Waals surface area contributed by atoms with Crippen molar-refractivity contribution in [3.63, 3.8) is 0 Å². The number of hydrogen-bond acceptors (Lipinski definition) is 9. The van der Waals surface area contributed by atoms with Crippen molar-refractivity contribution >= 4 is 125 Å². The van der Waals surface area contributed by atoms with E-state index in [9.17, 15) is 18.9 Å². The number of nitrogens with zero attached hydrogens (tertiary/aromatic N) is 3. The summed E-state index contributed by atoms with van der Waals surface area (Å²) >= 11 is 22.9. The number of Topliss-reactive ketones (excluding diaryl/α,β-unsaturated/α-hetero) is 2. The summed E-state index contributed by atoms with van der Waals surface area (Å²) in [6.07, 6.45) is 2.85. The monoisotopic (exact) mass is 674 g/mol. The van der Waals surface area contributed by atoms with Gasteiger partial charge in [-0.3, -0.25) is 18.9 Å². The number of nitrogens with one attached hydrogen (secondary N) is 1. The first-order valence-corrected chi connectivity index (χ1v) is 17.2. The van der Waals surface area contributed by atoms with Gasteiger partial charge in [0.25, 0.3) is 5.56 Å². The molecule has 0 saturated carbocycles. The number of carbonyl (C=O) groups excluding carboxylic acids is 2. The normalized spacial score (nSPS) is 10.9. The molecule has 0 aliphatic rings. The van der Waals surface area contributed by atoms with Crippen molar-refractivity contribution in [2.24, 2.45) is 0 Å². The van der Waals surface area contributed by atoms with E-state index in [1.165, 1.54) is 30.9 Å². The molecule has 0 fully saturated rings. The predicted octanol–water partition coefficient (Wildman–Crippen LogP) is 9.49. The Labute approximate surface area is 255 Å². The van der Waals surface area contributed by atoms with Crippen LogP contribution in [0.15, 0.2) is 53.8 Å². The van der Waals surface area contributed by atoms with E-state index < -0.39 is 5.20 Å². The van der Waals surface area contributed by atoms with Crippen molar-refractivity contribution in [2.75, 3.05) is 0 Å². The van der Waals surface area contributed by atoms with Gasteiger partial charge in [-0.15, -0.1) is 22.7 Å². The molecule has 4 aromatic heterocycles. The fourth-order valence-electron chi connectivity index (χ4n) is 3.63. The molecule has 6 rings (SSSR count). The molecule has 1 N–H and O–H groups in total. The van der Waals surface area contributed by atoms with Gasteiger partial charge in [0.2, 0.25) is 0 Å². The van der Waals surface area contributed by atoms with Gasteiger partial charge in [-0.2, -0.15) is 0 Å². The van der Waals surface area contributed by atoms with Gasteiger partial charge >= 0.3 is 5.20 Å². The summed E-state index contributed by atoms with van der Waals surface area (Å²) in [7, 11) is 0. The van der Waals surface area contributed by atoms with Crippen LogP contribution in [-0.2, 0) is 4.57 Å². The zero-order valence-corrected chi connectivity index (χ0v) is 25.4. The molecule has 0 spiro atoms. The van der Waals surface area contributed by atoms with Gasteiger partial charge < -0.3 is 4.98 Å². The van der Waals surface area contributed by atoms with E-state index in [2.05, 4.69) is 53.7 Å². The molecular weight excluding hydrogens is 657 g/mol. The standard InChI is InChI=1S/C12H7ClN2OS.C12H8N2O2S.CH4.Cl3OP/c1-6(16)7-2-3-9-8(4-7)10-11(13)14-5-15-12(10)17-9;1-6(15)7-2-3-9-8(4-7)10-11(16)13-5-14-12(10)17-9;;1-5(2,3)4/h2-5H,1H3;2-5H,1H3,(H,13,14,16);1H4;. The molecule has 0 aliphatic carbocycles. The number of H-pyrrole nitrogens is 1. The molecule has 208 valence electrons. The van der Waals surface area contributed by atoms with Gasteiger partial charge in [-0.05, 0) is 84.0 Å². The van der Waals surface area contributed by atoms with Gasteiger partial charge in [0, 0.05) is 31.3 Å². The van der Waals surface area contributed by atoms with Crippen LogP contribution in [0.25, 0.3) is 40.6 Å². The molecular formula is C25H19Cl4N4O4PS2. The molecule has 8 nitrogen and oxygen atoms in total. The Kier molecular flexibility index (Phi) is 10.5. The molecule has 0 unspecified atom stereocenters. The number of benzene rings is 2. The third-order valence-corrected chi connectivity index (χ3v) is 7.75. The highest BCUT2D eigenvalue weighted by Crippen LogP contribution is 2.61. The summed E-state index contributed by atoms with van der Waals surface area (Å²) < 4.78 is 11.5. The van der Waals surface area contributed by atoms with Crippen LogP contribution in [0, 0.1) is 0 Å². The lowest BCUT2D eigenvalue weighted by Crippen LogP contribution is -2.04. The van der Waals surface area contributed by atoms with Crippen LogP contribution in [0.1, 0.15) is 42.0 Å². The summed E-state index contributed by atoms with van der Waals surface area (Å²) in [4.78, 5) is 50.9. The van der Waals surface area contributed by atoms with Crippen LogP contribution in [0.2, 0.25) is 5.15 Å². The highest BCUT2D eigenvalue weighted by molar-refractivity contribution is 8.24. The number of carbonyl (C=O) groups is 2. The Balaban J connectivity index is 0.000000185. The third kappa shape index (κ3) is 7.44. The maximum absolute atomic E-state index is 11.8. The Bertz CT molecular complexity index is 1990. The summed E-state index contributed by atoms with van der Waals surface area (Å²) in [6, 6.07) is 11.0. The van der Waals surface area contributed by atoms with Crippen LogP contribution < -0.4 is 5.56 Å². The minimum Gasteiger partial charge on any atom is -0.313 e. The first kappa shape index (κ1) is 32.1. The van der Waals surface area contributed by atoms with E-state index in [0.29, 0.717) is 26.5 Å². The van der Waals surface area contributed by atoms with Crippen LogP contribution in [0.3, 0.4) is 0 Å². The topological polar surface area (TPSA) is 123 Å². The van der Waals surface area contributed by atoms with Gasteiger partial charge in [0.15, 0.2) is 11.6 Å². The summed E-state index contributed by atoms with van der Waals surface area (Å²) in [5.41, 5.74) is 1.12. The average molecular weight is 676 g/mol. The molecule has 0 aliphatic heterocycles. The number of ketones is 2. The Morgan fingerprint density at radius 2 is 1.30 bits per heavy atom. The molecule has 2 aromatic carbocycles. The first-order chi connectivity index (χ1) is 18.3. The van der Waals surface area contributed by atoms with E-state index >= 15 is 0 Å². The van der Waals surface area contributed by atoms with Crippen LogP contribution in [0.4, 0.5) is 0 Å². The maximum Gasteiger partial charge on any atom is 0.339 e. The number of fused-ring (bicyclic) bond motifs is 6. The maximum atomic E-state index is 11.8. The van der Waals surface area contributed by atoms with Crippen molar-refractivity contribution < 1.29 is 14.2 Å². The van der Waals surface area contributed by atoms with Crippen LogP contribution in [0.5, 0.6) is 0 Å². The molecule has 6 aromatic rings. The number of aromatic amines is 1. The molecule has 0 saturated heterocycles. The van der Waals surface area contributed by atoms with E-state index in [4.69, 9.17) is 11.6 Å². The first-order valence-electron chi connectivity index (χ1n) is 10.8. The number of hydrogen-bond donors (Lipinski definition) is 1. The van der Waals surface area contributed by atoms with Gasteiger partial charge in [-0.1, -0.05) is 19.0 Å².